The van der Waals surface area contributed by atoms with E-state index in [9.17, 15) is 13.2 Å². The third kappa shape index (κ3) is 3.86. The number of alkyl halides is 3. The number of hydrogen-bond acceptors (Lipinski definition) is 3. The predicted molar refractivity (Wildman–Crippen MR) is 68.4 cm³/mol. The SMILES string of the molecule is NCc1cc(OCC2CCOCC2)ccc1C(F)(F)F. The van der Waals surface area contributed by atoms with Crippen LogP contribution in [0.15, 0.2) is 18.2 Å². The summed E-state index contributed by atoms with van der Waals surface area (Å²) in [6.45, 7) is 1.77. The third-order valence-corrected chi connectivity index (χ3v) is 3.43. The maximum Gasteiger partial charge on any atom is 0.416 e. The van der Waals surface area contributed by atoms with Crippen molar-refractivity contribution >= 4 is 0 Å². The molecule has 112 valence electrons. The van der Waals surface area contributed by atoms with Crippen LogP contribution in [0.2, 0.25) is 0 Å². The van der Waals surface area contributed by atoms with Crippen molar-refractivity contribution in [2.24, 2.45) is 11.7 Å². The second kappa shape index (κ2) is 6.45. The fourth-order valence-corrected chi connectivity index (χ4v) is 2.23. The minimum atomic E-state index is -4.38. The van der Waals surface area contributed by atoms with E-state index in [0.717, 1.165) is 32.1 Å². The number of rotatable bonds is 4. The molecule has 0 spiro atoms. The number of halogens is 3. The van der Waals surface area contributed by atoms with Gasteiger partial charge in [-0.2, -0.15) is 13.2 Å². The highest BCUT2D eigenvalue weighted by Crippen LogP contribution is 2.33. The Hall–Kier alpha value is -1.27. The molecule has 1 fully saturated rings. The van der Waals surface area contributed by atoms with Gasteiger partial charge in [-0.05, 0) is 42.5 Å². The monoisotopic (exact) mass is 289 g/mol. The van der Waals surface area contributed by atoms with Crippen molar-refractivity contribution < 1.29 is 22.6 Å². The standard InChI is InChI=1S/C14H18F3NO2/c15-14(16,17)13-2-1-12(7-11(13)8-18)20-9-10-3-5-19-6-4-10/h1-2,7,10H,3-6,8-9,18H2. The van der Waals surface area contributed by atoms with Crippen LogP contribution >= 0.6 is 0 Å². The molecular formula is C14H18F3NO2. The largest absolute Gasteiger partial charge is 0.493 e. The molecule has 0 saturated carbocycles. The molecule has 1 heterocycles. The van der Waals surface area contributed by atoms with Crippen LogP contribution in [0.3, 0.4) is 0 Å². The lowest BCUT2D eigenvalue weighted by Crippen LogP contribution is -2.21. The Bertz CT molecular complexity index is 443. The Morgan fingerprint density at radius 2 is 1.95 bits per heavy atom. The van der Waals surface area contributed by atoms with Crippen LogP contribution < -0.4 is 10.5 Å². The molecule has 1 aromatic rings. The maximum absolute atomic E-state index is 12.7. The molecular weight excluding hydrogens is 271 g/mol. The molecule has 0 atom stereocenters. The van der Waals surface area contributed by atoms with Crippen LogP contribution in [-0.4, -0.2) is 19.8 Å². The van der Waals surface area contributed by atoms with E-state index in [1.165, 1.54) is 12.1 Å². The molecule has 20 heavy (non-hydrogen) atoms. The summed E-state index contributed by atoms with van der Waals surface area (Å²) in [6.07, 6.45) is -2.54. The summed E-state index contributed by atoms with van der Waals surface area (Å²) in [7, 11) is 0. The number of benzene rings is 1. The average molecular weight is 289 g/mol. The number of nitrogens with two attached hydrogens (primary N) is 1. The van der Waals surface area contributed by atoms with Crippen molar-refractivity contribution in [2.75, 3.05) is 19.8 Å². The van der Waals surface area contributed by atoms with Gasteiger partial charge in [-0.15, -0.1) is 0 Å². The zero-order valence-corrected chi connectivity index (χ0v) is 11.1. The van der Waals surface area contributed by atoms with E-state index in [1.54, 1.807) is 0 Å². The van der Waals surface area contributed by atoms with Crippen LogP contribution in [0.1, 0.15) is 24.0 Å². The third-order valence-electron chi connectivity index (χ3n) is 3.43. The first-order valence-electron chi connectivity index (χ1n) is 6.61. The first-order valence-corrected chi connectivity index (χ1v) is 6.61. The summed E-state index contributed by atoms with van der Waals surface area (Å²) in [4.78, 5) is 0. The first-order chi connectivity index (χ1) is 9.50. The van der Waals surface area contributed by atoms with Crippen LogP contribution in [0.5, 0.6) is 5.75 Å². The lowest BCUT2D eigenvalue weighted by molar-refractivity contribution is -0.138. The van der Waals surface area contributed by atoms with E-state index >= 15 is 0 Å². The molecule has 1 aromatic carbocycles. The van der Waals surface area contributed by atoms with Crippen molar-refractivity contribution in [3.63, 3.8) is 0 Å². The Kier molecular flexibility index (Phi) is 4.88. The van der Waals surface area contributed by atoms with E-state index in [0.29, 0.717) is 18.3 Å². The van der Waals surface area contributed by atoms with E-state index in [-0.39, 0.29) is 12.1 Å². The molecule has 1 saturated heterocycles. The van der Waals surface area contributed by atoms with Gasteiger partial charge in [0.25, 0.3) is 0 Å². The Balaban J connectivity index is 2.02. The Labute approximate surface area is 115 Å². The summed E-state index contributed by atoms with van der Waals surface area (Å²) < 4.78 is 49.0. The van der Waals surface area contributed by atoms with Gasteiger partial charge >= 0.3 is 6.18 Å². The molecule has 6 heteroatoms. The summed E-state index contributed by atoms with van der Waals surface area (Å²) in [5, 5.41) is 0. The molecule has 1 aliphatic heterocycles. The molecule has 2 N–H and O–H groups in total. The van der Waals surface area contributed by atoms with E-state index in [2.05, 4.69) is 0 Å². The van der Waals surface area contributed by atoms with Crippen LogP contribution in [0, 0.1) is 5.92 Å². The first kappa shape index (κ1) is 15.1. The topological polar surface area (TPSA) is 44.5 Å². The zero-order chi connectivity index (χ0) is 14.6. The van der Waals surface area contributed by atoms with Crippen molar-refractivity contribution in [3.8, 4) is 5.75 Å². The minimum absolute atomic E-state index is 0.0574. The second-order valence-corrected chi connectivity index (χ2v) is 4.89. The fraction of sp³-hybridized carbons (Fsp3) is 0.571. The Morgan fingerprint density at radius 1 is 1.25 bits per heavy atom. The van der Waals surface area contributed by atoms with Crippen LogP contribution in [0.25, 0.3) is 0 Å². The summed E-state index contributed by atoms with van der Waals surface area (Å²) >= 11 is 0. The van der Waals surface area contributed by atoms with Gasteiger partial charge in [0.2, 0.25) is 0 Å². The summed E-state index contributed by atoms with van der Waals surface area (Å²) in [6, 6.07) is 3.75. The van der Waals surface area contributed by atoms with Gasteiger partial charge in [-0.1, -0.05) is 0 Å². The molecule has 0 bridgehead atoms. The van der Waals surface area contributed by atoms with Crippen molar-refractivity contribution in [2.45, 2.75) is 25.6 Å². The molecule has 0 amide bonds. The average Bonchev–Trinajstić information content (AvgIpc) is 2.45. The normalized spacial score (nSPS) is 17.2. The van der Waals surface area contributed by atoms with Crippen LogP contribution in [-0.2, 0) is 17.5 Å². The molecule has 0 unspecified atom stereocenters. The van der Waals surface area contributed by atoms with Gasteiger partial charge < -0.3 is 15.2 Å². The molecule has 1 aliphatic rings. The van der Waals surface area contributed by atoms with Crippen molar-refractivity contribution in [1.82, 2.24) is 0 Å². The Morgan fingerprint density at radius 3 is 2.55 bits per heavy atom. The van der Waals surface area contributed by atoms with E-state index in [1.807, 2.05) is 0 Å². The molecule has 0 radical (unpaired) electrons. The second-order valence-electron chi connectivity index (χ2n) is 4.89. The van der Waals surface area contributed by atoms with Gasteiger partial charge in [0.05, 0.1) is 12.2 Å². The van der Waals surface area contributed by atoms with Gasteiger partial charge in [0, 0.05) is 19.8 Å². The summed E-state index contributed by atoms with van der Waals surface area (Å²) in [5.41, 5.74) is 4.74. The van der Waals surface area contributed by atoms with Crippen molar-refractivity contribution in [1.29, 1.82) is 0 Å². The van der Waals surface area contributed by atoms with Gasteiger partial charge in [0.1, 0.15) is 5.75 Å². The maximum atomic E-state index is 12.7. The lowest BCUT2D eigenvalue weighted by atomic mass is 10.0. The number of ether oxygens (including phenoxy) is 2. The smallest absolute Gasteiger partial charge is 0.416 e. The fourth-order valence-electron chi connectivity index (χ4n) is 2.23. The lowest BCUT2D eigenvalue weighted by Gasteiger charge is -2.22. The number of hydrogen-bond donors (Lipinski definition) is 1. The van der Waals surface area contributed by atoms with Crippen molar-refractivity contribution in [3.05, 3.63) is 29.3 Å². The van der Waals surface area contributed by atoms with Crippen LogP contribution in [0.4, 0.5) is 13.2 Å². The molecule has 0 aromatic heterocycles. The highest BCUT2D eigenvalue weighted by molar-refractivity contribution is 5.37. The molecule has 0 aliphatic carbocycles. The van der Waals surface area contributed by atoms with Gasteiger partial charge in [-0.3, -0.25) is 0 Å². The van der Waals surface area contributed by atoms with E-state index in [4.69, 9.17) is 15.2 Å². The van der Waals surface area contributed by atoms with Gasteiger partial charge in [-0.25, -0.2) is 0 Å². The highest BCUT2D eigenvalue weighted by atomic mass is 19.4. The quantitative estimate of drug-likeness (QED) is 0.926. The zero-order valence-electron chi connectivity index (χ0n) is 11.1. The predicted octanol–water partition coefficient (Wildman–Crippen LogP) is 2.97. The molecule has 3 nitrogen and oxygen atoms in total. The summed E-state index contributed by atoms with van der Waals surface area (Å²) in [5.74, 6) is 0.831. The molecule has 2 rings (SSSR count). The van der Waals surface area contributed by atoms with E-state index < -0.39 is 11.7 Å². The van der Waals surface area contributed by atoms with Gasteiger partial charge in [0.15, 0.2) is 0 Å². The highest BCUT2D eigenvalue weighted by Gasteiger charge is 2.33. The minimum Gasteiger partial charge on any atom is -0.493 e.